The predicted molar refractivity (Wildman–Crippen MR) is 116 cm³/mol. The normalized spacial score (nSPS) is 22.0. The largest absolute Gasteiger partial charge is 0.464 e. The molecule has 1 heterocycles. The van der Waals surface area contributed by atoms with Crippen molar-refractivity contribution in [3.63, 3.8) is 0 Å². The molecular formula is C23H35NO3S. The van der Waals surface area contributed by atoms with Gasteiger partial charge in [0.05, 0.1) is 12.0 Å². The van der Waals surface area contributed by atoms with Crippen LogP contribution in [0.5, 0.6) is 0 Å². The van der Waals surface area contributed by atoms with Gasteiger partial charge in [-0.2, -0.15) is 0 Å². The molecule has 0 saturated carbocycles. The molecule has 1 aromatic rings. The maximum absolute atomic E-state index is 13.3. The van der Waals surface area contributed by atoms with Crippen LogP contribution >= 0.6 is 11.8 Å². The molecule has 156 valence electrons. The van der Waals surface area contributed by atoms with Crippen LogP contribution in [0.15, 0.2) is 30.3 Å². The summed E-state index contributed by atoms with van der Waals surface area (Å²) in [6, 6.07) is 9.73. The van der Waals surface area contributed by atoms with Crippen molar-refractivity contribution < 1.29 is 14.3 Å². The summed E-state index contributed by atoms with van der Waals surface area (Å²) in [6.07, 6.45) is 1.44. The number of carbonyl (C=O) groups is 2. The second kappa shape index (κ2) is 9.82. The van der Waals surface area contributed by atoms with E-state index in [9.17, 15) is 9.59 Å². The van der Waals surface area contributed by atoms with Gasteiger partial charge < -0.3 is 9.64 Å². The molecule has 28 heavy (non-hydrogen) atoms. The minimum Gasteiger partial charge on any atom is -0.464 e. The molecule has 1 aliphatic heterocycles. The van der Waals surface area contributed by atoms with Gasteiger partial charge in [-0.1, -0.05) is 65.0 Å². The number of hydrogen-bond donors (Lipinski definition) is 0. The predicted octanol–water partition coefficient (Wildman–Crippen LogP) is 5.09. The molecule has 1 fully saturated rings. The third-order valence-electron chi connectivity index (χ3n) is 5.12. The van der Waals surface area contributed by atoms with E-state index in [2.05, 4.69) is 46.8 Å². The first-order valence-electron chi connectivity index (χ1n) is 10.3. The van der Waals surface area contributed by atoms with E-state index >= 15 is 0 Å². The van der Waals surface area contributed by atoms with Gasteiger partial charge in [-0.05, 0) is 30.2 Å². The van der Waals surface area contributed by atoms with Crippen molar-refractivity contribution in [3.05, 3.63) is 35.9 Å². The number of rotatable bonds is 7. The molecule has 0 radical (unpaired) electrons. The number of carbonyl (C=O) groups excluding carboxylic acids is 2. The molecular weight excluding hydrogens is 370 g/mol. The fraction of sp³-hybridized carbons (Fsp3) is 0.652. The highest BCUT2D eigenvalue weighted by atomic mass is 32.2. The summed E-state index contributed by atoms with van der Waals surface area (Å²) >= 11 is 1.69. The molecule has 0 bridgehead atoms. The first-order chi connectivity index (χ1) is 13.1. The second-order valence-corrected chi connectivity index (χ2v) is 10.2. The number of hydrogen-bond acceptors (Lipinski definition) is 4. The molecule has 0 N–H and O–H groups in total. The lowest BCUT2D eigenvalue weighted by Crippen LogP contribution is -2.48. The third-order valence-corrected chi connectivity index (χ3v) is 6.60. The van der Waals surface area contributed by atoms with Crippen LogP contribution in [0.1, 0.15) is 65.9 Å². The zero-order valence-corrected chi connectivity index (χ0v) is 18.9. The van der Waals surface area contributed by atoms with Crippen molar-refractivity contribution in [1.29, 1.82) is 0 Å². The summed E-state index contributed by atoms with van der Waals surface area (Å²) in [5.74, 6) is 0.795. The summed E-state index contributed by atoms with van der Waals surface area (Å²) in [7, 11) is 0. The molecule has 0 aromatic heterocycles. The van der Waals surface area contributed by atoms with Crippen LogP contribution in [0.3, 0.4) is 0 Å². The van der Waals surface area contributed by atoms with E-state index in [0.29, 0.717) is 18.8 Å². The quantitative estimate of drug-likeness (QED) is 0.593. The molecule has 4 nitrogen and oxygen atoms in total. The smallest absolute Gasteiger partial charge is 0.329 e. The number of amides is 1. The van der Waals surface area contributed by atoms with E-state index in [1.807, 2.05) is 30.0 Å². The summed E-state index contributed by atoms with van der Waals surface area (Å²) in [4.78, 5) is 27.7. The zero-order chi connectivity index (χ0) is 20.9. The minimum absolute atomic E-state index is 0.0499. The fourth-order valence-electron chi connectivity index (χ4n) is 4.09. The van der Waals surface area contributed by atoms with Crippen LogP contribution in [0, 0.1) is 11.3 Å². The van der Waals surface area contributed by atoms with Crippen LogP contribution in [-0.4, -0.2) is 40.6 Å². The van der Waals surface area contributed by atoms with Crippen molar-refractivity contribution >= 4 is 23.6 Å². The molecule has 5 heteroatoms. The zero-order valence-electron chi connectivity index (χ0n) is 18.1. The SMILES string of the molecule is CCOC(=O)C1CSC(C(C)c2ccccc2)N1C(=O)CC(C)CC(C)(C)C. The fourth-order valence-corrected chi connectivity index (χ4v) is 5.64. The van der Waals surface area contributed by atoms with Gasteiger partial charge in [0.2, 0.25) is 5.91 Å². The molecule has 0 aliphatic carbocycles. The van der Waals surface area contributed by atoms with E-state index in [-0.39, 0.29) is 34.5 Å². The Balaban J connectivity index is 2.22. The van der Waals surface area contributed by atoms with E-state index < -0.39 is 6.04 Å². The lowest BCUT2D eigenvalue weighted by atomic mass is 9.84. The average Bonchev–Trinajstić information content (AvgIpc) is 3.05. The second-order valence-electron chi connectivity index (χ2n) is 9.07. The summed E-state index contributed by atoms with van der Waals surface area (Å²) < 4.78 is 5.28. The van der Waals surface area contributed by atoms with Gasteiger partial charge in [-0.15, -0.1) is 11.8 Å². The van der Waals surface area contributed by atoms with Crippen molar-refractivity contribution in [3.8, 4) is 0 Å². The Morgan fingerprint density at radius 2 is 1.86 bits per heavy atom. The Hall–Kier alpha value is -1.49. The molecule has 1 aromatic carbocycles. The molecule has 2 rings (SSSR count). The van der Waals surface area contributed by atoms with Gasteiger partial charge >= 0.3 is 5.97 Å². The van der Waals surface area contributed by atoms with Crippen LogP contribution in [0.2, 0.25) is 0 Å². The van der Waals surface area contributed by atoms with Crippen molar-refractivity contribution in [2.45, 2.75) is 71.7 Å². The average molecular weight is 406 g/mol. The number of esters is 1. The van der Waals surface area contributed by atoms with E-state index in [0.717, 1.165) is 6.42 Å². The highest BCUT2D eigenvalue weighted by molar-refractivity contribution is 8.00. The van der Waals surface area contributed by atoms with E-state index in [1.165, 1.54) is 5.56 Å². The third kappa shape index (κ3) is 6.00. The number of benzene rings is 1. The highest BCUT2D eigenvalue weighted by Gasteiger charge is 2.44. The number of thioether (sulfide) groups is 1. The lowest BCUT2D eigenvalue weighted by molar-refractivity contribution is -0.154. The van der Waals surface area contributed by atoms with Gasteiger partial charge in [0, 0.05) is 18.1 Å². The molecule has 4 unspecified atom stereocenters. The Bertz CT molecular complexity index is 656. The van der Waals surface area contributed by atoms with Crippen LogP contribution in [0.4, 0.5) is 0 Å². The van der Waals surface area contributed by atoms with Gasteiger partial charge in [-0.25, -0.2) is 4.79 Å². The van der Waals surface area contributed by atoms with Crippen LogP contribution < -0.4 is 0 Å². The number of ether oxygens (including phenoxy) is 1. The molecule has 1 saturated heterocycles. The van der Waals surface area contributed by atoms with Gasteiger partial charge in [0.15, 0.2) is 0 Å². The topological polar surface area (TPSA) is 46.6 Å². The molecule has 1 aliphatic rings. The maximum atomic E-state index is 13.3. The number of nitrogens with zero attached hydrogens (tertiary/aromatic N) is 1. The van der Waals surface area contributed by atoms with Gasteiger partial charge in [-0.3, -0.25) is 4.79 Å². The highest BCUT2D eigenvalue weighted by Crippen LogP contribution is 2.40. The van der Waals surface area contributed by atoms with E-state index in [4.69, 9.17) is 4.74 Å². The van der Waals surface area contributed by atoms with Crippen LogP contribution in [0.25, 0.3) is 0 Å². The lowest BCUT2D eigenvalue weighted by Gasteiger charge is -2.33. The van der Waals surface area contributed by atoms with Gasteiger partial charge in [0.25, 0.3) is 0 Å². The van der Waals surface area contributed by atoms with Gasteiger partial charge in [0.1, 0.15) is 6.04 Å². The van der Waals surface area contributed by atoms with Crippen molar-refractivity contribution in [1.82, 2.24) is 4.90 Å². The first-order valence-corrected chi connectivity index (χ1v) is 11.3. The molecule has 4 atom stereocenters. The Kier molecular flexibility index (Phi) is 7.99. The molecule has 1 amide bonds. The minimum atomic E-state index is -0.490. The summed E-state index contributed by atoms with van der Waals surface area (Å²) in [5.41, 5.74) is 1.36. The van der Waals surface area contributed by atoms with Crippen molar-refractivity contribution in [2.24, 2.45) is 11.3 Å². The Morgan fingerprint density at radius 3 is 2.43 bits per heavy atom. The summed E-state index contributed by atoms with van der Waals surface area (Å²) in [5, 5.41) is -0.0499. The monoisotopic (exact) mass is 405 g/mol. The van der Waals surface area contributed by atoms with E-state index in [1.54, 1.807) is 11.8 Å². The van der Waals surface area contributed by atoms with Crippen LogP contribution in [-0.2, 0) is 14.3 Å². The summed E-state index contributed by atoms with van der Waals surface area (Å²) in [6.45, 7) is 13.0. The Labute approximate surface area is 174 Å². The molecule has 0 spiro atoms. The maximum Gasteiger partial charge on any atom is 0.329 e. The van der Waals surface area contributed by atoms with Crippen molar-refractivity contribution in [2.75, 3.05) is 12.4 Å². The standard InChI is InChI=1S/C23H35NO3S/c1-7-27-22(26)19-15-28-21(17(3)18-11-9-8-10-12-18)24(19)20(25)13-16(2)14-23(4,5)6/h8-12,16-17,19,21H,7,13-15H2,1-6H3. The Morgan fingerprint density at radius 1 is 1.21 bits per heavy atom. The first kappa shape index (κ1) is 22.8.